The third-order valence-electron chi connectivity index (χ3n) is 1.98. The molecule has 0 aromatic carbocycles. The van der Waals surface area contributed by atoms with Gasteiger partial charge < -0.3 is 5.32 Å². The summed E-state index contributed by atoms with van der Waals surface area (Å²) in [6, 6.07) is 5.76. The van der Waals surface area contributed by atoms with Crippen LogP contribution in [-0.4, -0.2) is 15.8 Å². The number of hydrogen-bond donors (Lipinski definition) is 1. The number of carbonyl (C=O) groups excluding carboxylic acids is 1. The van der Waals surface area contributed by atoms with Gasteiger partial charge in [-0.1, -0.05) is 22.9 Å². The maximum absolute atomic E-state index is 11.8. The Morgan fingerprint density at radius 1 is 1.44 bits per heavy atom. The van der Waals surface area contributed by atoms with Crippen LogP contribution in [0, 0.1) is 10.1 Å². The van der Waals surface area contributed by atoms with Gasteiger partial charge in [-0.15, -0.1) is 0 Å². The van der Waals surface area contributed by atoms with Crippen LogP contribution in [0.15, 0.2) is 30.5 Å². The zero-order chi connectivity index (χ0) is 13.1. The number of rotatable bonds is 3. The number of aromatic nitrogens is 1. The monoisotopic (exact) mass is 283 g/mol. The van der Waals surface area contributed by atoms with E-state index in [0.717, 1.165) is 11.3 Å². The molecule has 2 aromatic rings. The van der Waals surface area contributed by atoms with E-state index < -0.39 is 10.8 Å². The first-order chi connectivity index (χ1) is 8.56. The summed E-state index contributed by atoms with van der Waals surface area (Å²) in [5, 5.41) is 13.3. The molecule has 18 heavy (non-hydrogen) atoms. The number of pyridine rings is 1. The van der Waals surface area contributed by atoms with Gasteiger partial charge in [-0.3, -0.25) is 14.9 Å². The summed E-state index contributed by atoms with van der Waals surface area (Å²) >= 11 is 6.48. The van der Waals surface area contributed by atoms with Gasteiger partial charge in [0.25, 0.3) is 5.91 Å². The van der Waals surface area contributed by atoms with Crippen LogP contribution in [0.2, 0.25) is 5.15 Å². The van der Waals surface area contributed by atoms with E-state index in [9.17, 15) is 14.9 Å². The van der Waals surface area contributed by atoms with Gasteiger partial charge >= 0.3 is 5.00 Å². The van der Waals surface area contributed by atoms with Crippen LogP contribution in [0.1, 0.15) is 9.67 Å². The van der Waals surface area contributed by atoms with E-state index in [0.29, 0.717) is 5.69 Å². The lowest BCUT2D eigenvalue weighted by molar-refractivity contribution is -0.380. The van der Waals surface area contributed by atoms with Crippen LogP contribution in [0.5, 0.6) is 0 Å². The predicted molar refractivity (Wildman–Crippen MR) is 68.2 cm³/mol. The van der Waals surface area contributed by atoms with Crippen molar-refractivity contribution in [2.24, 2.45) is 0 Å². The molecule has 0 aliphatic carbocycles. The van der Waals surface area contributed by atoms with Crippen LogP contribution >= 0.6 is 22.9 Å². The predicted octanol–water partition coefficient (Wildman–Crippen LogP) is 2.96. The normalized spacial score (nSPS) is 10.1. The Morgan fingerprint density at radius 2 is 2.22 bits per heavy atom. The molecule has 0 bridgehead atoms. The quantitative estimate of drug-likeness (QED) is 0.533. The molecule has 0 atom stereocenters. The van der Waals surface area contributed by atoms with E-state index in [4.69, 9.17) is 11.6 Å². The van der Waals surface area contributed by atoms with E-state index in [1.807, 2.05) is 0 Å². The highest BCUT2D eigenvalue weighted by Crippen LogP contribution is 2.24. The second kappa shape index (κ2) is 5.11. The number of amides is 1. The van der Waals surface area contributed by atoms with Gasteiger partial charge in [0.1, 0.15) is 5.15 Å². The van der Waals surface area contributed by atoms with Gasteiger partial charge in [0.2, 0.25) is 0 Å². The summed E-state index contributed by atoms with van der Waals surface area (Å²) in [5.74, 6) is -0.421. The van der Waals surface area contributed by atoms with Crippen LogP contribution in [0.4, 0.5) is 10.7 Å². The highest BCUT2D eigenvalue weighted by molar-refractivity contribution is 7.17. The summed E-state index contributed by atoms with van der Waals surface area (Å²) < 4.78 is 0. The largest absolute Gasteiger partial charge is 0.324 e. The summed E-state index contributed by atoms with van der Waals surface area (Å²) in [6.07, 6.45) is 1.45. The number of carbonyl (C=O) groups is 1. The number of anilines is 1. The molecular weight excluding hydrogens is 278 g/mol. The molecule has 0 spiro atoms. The van der Waals surface area contributed by atoms with Gasteiger partial charge in [0.15, 0.2) is 0 Å². The fourth-order valence-electron chi connectivity index (χ4n) is 1.22. The van der Waals surface area contributed by atoms with Gasteiger partial charge in [0, 0.05) is 18.0 Å². The maximum atomic E-state index is 11.8. The van der Waals surface area contributed by atoms with Gasteiger partial charge in [-0.2, -0.15) is 0 Å². The first-order valence-corrected chi connectivity index (χ1v) is 5.93. The molecule has 0 fully saturated rings. The van der Waals surface area contributed by atoms with Crippen molar-refractivity contribution in [1.29, 1.82) is 0 Å². The number of thiophene rings is 1. The summed E-state index contributed by atoms with van der Waals surface area (Å²) in [6.45, 7) is 0. The van der Waals surface area contributed by atoms with Crippen molar-refractivity contribution in [3.05, 3.63) is 50.6 Å². The molecule has 0 radical (unpaired) electrons. The van der Waals surface area contributed by atoms with Gasteiger partial charge in [-0.25, -0.2) is 4.98 Å². The molecule has 0 saturated carbocycles. The van der Waals surface area contributed by atoms with Crippen molar-refractivity contribution in [1.82, 2.24) is 4.98 Å². The summed E-state index contributed by atoms with van der Waals surface area (Å²) in [5.41, 5.74) is 0.482. The molecule has 0 aliphatic rings. The topological polar surface area (TPSA) is 85.1 Å². The first-order valence-electron chi connectivity index (χ1n) is 4.73. The number of hydrogen-bond acceptors (Lipinski definition) is 5. The average molecular weight is 284 g/mol. The Balaban J connectivity index is 2.14. The molecule has 2 heterocycles. The van der Waals surface area contributed by atoms with E-state index in [1.54, 1.807) is 6.07 Å². The third-order valence-corrected chi connectivity index (χ3v) is 3.22. The van der Waals surface area contributed by atoms with E-state index in [-0.39, 0.29) is 15.0 Å². The smallest absolute Gasteiger partial charge is 0.321 e. The van der Waals surface area contributed by atoms with Crippen molar-refractivity contribution in [3.8, 4) is 0 Å². The minimum absolute atomic E-state index is 0.0760. The second-order valence-corrected chi connectivity index (χ2v) is 4.67. The third kappa shape index (κ3) is 2.82. The Kier molecular flexibility index (Phi) is 3.54. The number of nitrogens with zero attached hydrogens (tertiary/aromatic N) is 2. The molecule has 92 valence electrons. The standard InChI is InChI=1S/C10H6ClN3O3S/c11-8-5-6(3-4-12-8)13-10(15)7-1-2-9(18-7)14(16)17/h1-5H,(H,12,13,15). The van der Waals surface area contributed by atoms with Crippen LogP contribution < -0.4 is 5.32 Å². The fraction of sp³-hybridized carbons (Fsp3) is 0. The van der Waals surface area contributed by atoms with E-state index in [2.05, 4.69) is 10.3 Å². The fourth-order valence-corrected chi connectivity index (χ4v) is 2.11. The van der Waals surface area contributed by atoms with Crippen molar-refractivity contribution >= 4 is 39.5 Å². The molecule has 2 aromatic heterocycles. The van der Waals surface area contributed by atoms with Crippen molar-refractivity contribution in [2.45, 2.75) is 0 Å². The number of nitro groups is 1. The van der Waals surface area contributed by atoms with Gasteiger partial charge in [0.05, 0.1) is 9.80 Å². The van der Waals surface area contributed by atoms with Crippen molar-refractivity contribution in [3.63, 3.8) is 0 Å². The number of nitrogens with one attached hydrogen (secondary N) is 1. The zero-order valence-electron chi connectivity index (χ0n) is 8.79. The Hall–Kier alpha value is -1.99. The lowest BCUT2D eigenvalue weighted by Gasteiger charge is -2.02. The Bertz CT molecular complexity index is 614. The highest BCUT2D eigenvalue weighted by atomic mass is 35.5. The SMILES string of the molecule is O=C(Nc1ccnc(Cl)c1)c1ccc([N+](=O)[O-])s1. The van der Waals surface area contributed by atoms with Crippen molar-refractivity contribution < 1.29 is 9.72 Å². The molecule has 6 nitrogen and oxygen atoms in total. The molecule has 8 heteroatoms. The molecule has 1 N–H and O–H groups in total. The zero-order valence-corrected chi connectivity index (χ0v) is 10.4. The molecule has 2 rings (SSSR count). The van der Waals surface area contributed by atoms with Crippen LogP contribution in [0.25, 0.3) is 0 Å². The van der Waals surface area contributed by atoms with Crippen molar-refractivity contribution in [2.75, 3.05) is 5.32 Å². The summed E-state index contributed by atoms with van der Waals surface area (Å²) in [4.78, 5) is 25.8. The first kappa shape index (κ1) is 12.5. The molecular formula is C10H6ClN3O3S. The Morgan fingerprint density at radius 3 is 2.83 bits per heavy atom. The molecule has 0 saturated heterocycles. The van der Waals surface area contributed by atoms with E-state index in [1.165, 1.54) is 24.4 Å². The maximum Gasteiger partial charge on any atom is 0.324 e. The van der Waals surface area contributed by atoms with Crippen LogP contribution in [0.3, 0.4) is 0 Å². The van der Waals surface area contributed by atoms with E-state index >= 15 is 0 Å². The lowest BCUT2D eigenvalue weighted by Crippen LogP contribution is -2.09. The minimum atomic E-state index is -0.537. The average Bonchev–Trinajstić information content (AvgIpc) is 2.78. The molecule has 0 unspecified atom stereocenters. The second-order valence-electron chi connectivity index (χ2n) is 3.22. The highest BCUT2D eigenvalue weighted by Gasteiger charge is 2.15. The molecule has 0 aliphatic heterocycles. The molecule has 1 amide bonds. The van der Waals surface area contributed by atoms with Gasteiger partial charge in [-0.05, 0) is 18.2 Å². The number of halogens is 1. The lowest BCUT2D eigenvalue weighted by atomic mass is 10.3. The summed E-state index contributed by atoms with van der Waals surface area (Å²) in [7, 11) is 0. The minimum Gasteiger partial charge on any atom is -0.321 e. The van der Waals surface area contributed by atoms with Crippen LogP contribution in [-0.2, 0) is 0 Å². The Labute approximate surface area is 110 Å².